The first kappa shape index (κ1) is 30.7. The smallest absolute Gasteiger partial charge is 0.856 e. The van der Waals surface area contributed by atoms with Crippen molar-refractivity contribution in [2.24, 2.45) is 0 Å². The van der Waals surface area contributed by atoms with Gasteiger partial charge in [-0.2, -0.15) is 23.6 Å². The van der Waals surface area contributed by atoms with Crippen molar-refractivity contribution in [2.45, 2.75) is 0 Å². The molecule has 0 spiro atoms. The van der Waals surface area contributed by atoms with Crippen molar-refractivity contribution in [2.75, 3.05) is 0 Å². The summed E-state index contributed by atoms with van der Waals surface area (Å²) in [4.78, 5) is 19.3. The topological polar surface area (TPSA) is 46.1 Å². The Kier molecular flexibility index (Phi) is 35.4. The Labute approximate surface area is 158 Å². The second kappa shape index (κ2) is 15.0. The van der Waals surface area contributed by atoms with Crippen LogP contribution in [0.1, 0.15) is 0 Å². The summed E-state index contributed by atoms with van der Waals surface area (Å²) in [6.45, 7) is 0. The summed E-state index contributed by atoms with van der Waals surface area (Å²) < 4.78 is -5.78. The largest absolute Gasteiger partial charge is 2.00 e. The molecule has 0 aromatic heterocycles. The van der Waals surface area contributed by atoms with Crippen LogP contribution in [0.4, 0.5) is 0 Å². The van der Waals surface area contributed by atoms with Gasteiger partial charge in [0.2, 0.25) is 0 Å². The van der Waals surface area contributed by atoms with Crippen LogP contribution in [0.15, 0.2) is 0 Å². The standard InChI is InChI=1S/3Mg.2H3OPS3/c;;;2*1-2(3,4)5/h;;;2*(H3,1,3,4,5)/q3*+2;;/p-6. The zero-order valence-corrected chi connectivity index (χ0v) is 17.2. The molecule has 0 aromatic rings. The average molecular weight is 359 g/mol. The molecule has 13 heteroatoms. The first-order valence-electron chi connectivity index (χ1n) is 1.46. The molecule has 0 radical (unpaired) electrons. The molecule has 0 aliphatic carbocycles. The third kappa shape index (κ3) is 156. The molecule has 64 valence electrons. The van der Waals surface area contributed by atoms with Gasteiger partial charge in [0.1, 0.15) is 0 Å². The van der Waals surface area contributed by atoms with E-state index in [1.165, 1.54) is 0 Å². The van der Waals surface area contributed by atoms with Crippen molar-refractivity contribution in [3.63, 3.8) is 0 Å². The van der Waals surface area contributed by atoms with Crippen LogP contribution in [0.3, 0.4) is 0 Å². The van der Waals surface area contributed by atoms with Crippen LogP contribution in [0.25, 0.3) is 0 Å². The minimum Gasteiger partial charge on any atom is -0.856 e. The van der Waals surface area contributed by atoms with Crippen molar-refractivity contribution in [1.82, 2.24) is 0 Å². The molecule has 0 rings (SSSR count). The zero-order valence-electron chi connectivity index (χ0n) is 6.28. The third-order valence-electron chi connectivity index (χ3n) is 0. The molecule has 0 unspecified atom stereocenters. The summed E-state index contributed by atoms with van der Waals surface area (Å²) in [6, 6.07) is 0. The van der Waals surface area contributed by atoms with Crippen LogP contribution in [-0.4, -0.2) is 69.2 Å². The number of rotatable bonds is 0. The maximum absolute atomic E-state index is 9.66. The molecule has 2 nitrogen and oxygen atoms in total. The Balaban J connectivity index is -0.0000000267. The van der Waals surface area contributed by atoms with Crippen LogP contribution in [0, 0.1) is 0 Å². The van der Waals surface area contributed by atoms with Gasteiger partial charge in [0.15, 0.2) is 0 Å². The van der Waals surface area contributed by atoms with E-state index in [1.54, 1.807) is 0 Å². The zero-order chi connectivity index (χ0) is 9.00. The molecule has 0 aliphatic rings. The molecule has 0 saturated heterocycles. The number of hydrogen-bond acceptors (Lipinski definition) is 8. The summed E-state index contributed by atoms with van der Waals surface area (Å²) in [6.07, 6.45) is 0. The average Bonchev–Trinajstić information content (AvgIpc) is 1.12. The van der Waals surface area contributed by atoms with Crippen LogP contribution in [0.2, 0.25) is 0 Å². The molecular weight excluding hydrogens is 359 g/mol. The van der Waals surface area contributed by atoms with E-state index in [1.807, 2.05) is 0 Å². The monoisotopic (exact) mass is 358 g/mol. The van der Waals surface area contributed by atoms with Crippen LogP contribution >= 0.6 is 9.34 Å². The molecule has 0 bridgehead atoms. The molecule has 13 heavy (non-hydrogen) atoms. The molecule has 0 N–H and O–H groups in total. The van der Waals surface area contributed by atoms with Crippen molar-refractivity contribution >= 4 is 151 Å². The van der Waals surface area contributed by atoms with E-state index in [4.69, 9.17) is 0 Å². The molecule has 0 heterocycles. The summed E-state index contributed by atoms with van der Waals surface area (Å²) >= 11 is 24.1. The second-order valence-electron chi connectivity index (χ2n) is 0.894. The molecule has 0 saturated carbocycles. The van der Waals surface area contributed by atoms with Gasteiger partial charge in [-0.15, -0.1) is 0 Å². The normalized spacial score (nSPS) is 9.08. The van der Waals surface area contributed by atoms with E-state index in [9.17, 15) is 9.79 Å². The van der Waals surface area contributed by atoms with Crippen LogP contribution in [0.5, 0.6) is 0 Å². The quantitative estimate of drug-likeness (QED) is 0.285. The first-order valence-corrected chi connectivity index (χ1v) is 11.0. The molecular formula is Mg3O2P2S6. The van der Waals surface area contributed by atoms with E-state index in [-0.39, 0.29) is 69.2 Å². The van der Waals surface area contributed by atoms with Crippen molar-refractivity contribution < 1.29 is 9.79 Å². The predicted molar refractivity (Wildman–Crippen MR) is 75.3 cm³/mol. The Bertz CT molecular complexity index is 136. The molecule has 0 fully saturated rings. The Morgan fingerprint density at radius 1 is 0.692 bits per heavy atom. The Morgan fingerprint density at radius 2 is 0.692 bits per heavy atom. The molecule has 0 aromatic carbocycles. The van der Waals surface area contributed by atoms with Crippen LogP contribution in [-0.2, 0) is 72.6 Å². The van der Waals surface area contributed by atoms with Gasteiger partial charge in [-0.1, -0.05) is 0 Å². The van der Waals surface area contributed by atoms with E-state index < -0.39 is 9.34 Å². The Morgan fingerprint density at radius 3 is 0.692 bits per heavy atom. The molecule has 0 aliphatic heterocycles. The van der Waals surface area contributed by atoms with E-state index in [0.717, 1.165) is 0 Å². The summed E-state index contributed by atoms with van der Waals surface area (Å²) in [7, 11) is 0. The van der Waals surface area contributed by atoms with E-state index >= 15 is 0 Å². The van der Waals surface area contributed by atoms with Gasteiger partial charge in [-0.05, 0) is 0 Å². The maximum Gasteiger partial charge on any atom is 2.00 e. The molecule has 0 amide bonds. The van der Waals surface area contributed by atoms with Gasteiger partial charge in [0.25, 0.3) is 0 Å². The van der Waals surface area contributed by atoms with Crippen molar-refractivity contribution in [1.29, 1.82) is 0 Å². The predicted octanol–water partition coefficient (Wildman–Crippen LogP) is -1.81. The number of hydrogen-bond donors (Lipinski definition) is 0. The van der Waals surface area contributed by atoms with Gasteiger partial charge in [0, 0.05) is 0 Å². The fraction of sp³-hybridized carbons (Fsp3) is 0. The minimum absolute atomic E-state index is 0. The van der Waals surface area contributed by atoms with Gasteiger partial charge in [-0.3, -0.25) is 0 Å². The van der Waals surface area contributed by atoms with Gasteiger partial charge >= 0.3 is 69.2 Å². The van der Waals surface area contributed by atoms with Crippen LogP contribution < -0.4 is 9.79 Å². The summed E-state index contributed by atoms with van der Waals surface area (Å²) in [5.74, 6) is 0. The second-order valence-corrected chi connectivity index (χ2v) is 16.1. The first-order chi connectivity index (χ1) is 4.00. The van der Waals surface area contributed by atoms with Crippen molar-refractivity contribution in [3.05, 3.63) is 0 Å². The fourth-order valence-electron chi connectivity index (χ4n) is 0. The molecule has 0 atom stereocenters. The maximum atomic E-state index is 9.66. The third-order valence-corrected chi connectivity index (χ3v) is 0. The van der Waals surface area contributed by atoms with E-state index in [2.05, 4.69) is 72.6 Å². The summed E-state index contributed by atoms with van der Waals surface area (Å²) in [5, 5.41) is 0. The van der Waals surface area contributed by atoms with Crippen molar-refractivity contribution in [3.8, 4) is 0 Å². The SMILES string of the molecule is [Mg+2].[Mg+2].[Mg+2].[O-]P(=S)([S-])[S-].[O-]P(=S)([S-])[S-]. The van der Waals surface area contributed by atoms with E-state index in [0.29, 0.717) is 0 Å². The fourth-order valence-corrected chi connectivity index (χ4v) is 0. The van der Waals surface area contributed by atoms with Gasteiger partial charge in [-0.25, -0.2) is 0 Å². The van der Waals surface area contributed by atoms with Gasteiger partial charge < -0.3 is 68.1 Å². The summed E-state index contributed by atoms with van der Waals surface area (Å²) in [5.41, 5.74) is 0. The minimum atomic E-state index is -2.89. The van der Waals surface area contributed by atoms with Gasteiger partial charge in [0.05, 0.1) is 0 Å². The Hall–Kier alpha value is 4.92.